The standard InChI is InChI=1S/C17H22N4O3/c1-17(2,3)19-15-7-6-14(20-21-15)18-16(22)11-8-12(23-4)10-13(9-11)24-5/h6-10H,1-5H3,(H,19,21)(H,18,20,22). The maximum atomic E-state index is 12.4. The first kappa shape index (κ1) is 17.5. The van der Waals surface area contributed by atoms with Crippen LogP contribution in [-0.4, -0.2) is 35.9 Å². The van der Waals surface area contributed by atoms with Crippen LogP contribution in [0.15, 0.2) is 30.3 Å². The van der Waals surface area contributed by atoms with Crippen molar-refractivity contribution in [3.05, 3.63) is 35.9 Å². The molecule has 2 aromatic rings. The topological polar surface area (TPSA) is 85.4 Å². The van der Waals surface area contributed by atoms with Gasteiger partial charge in [-0.2, -0.15) is 0 Å². The minimum Gasteiger partial charge on any atom is -0.497 e. The number of hydrogen-bond donors (Lipinski definition) is 2. The molecule has 0 aliphatic heterocycles. The molecule has 0 saturated carbocycles. The summed E-state index contributed by atoms with van der Waals surface area (Å²) in [6.07, 6.45) is 0. The van der Waals surface area contributed by atoms with Gasteiger partial charge in [-0.1, -0.05) is 0 Å². The third kappa shape index (κ3) is 4.84. The molecule has 2 N–H and O–H groups in total. The van der Waals surface area contributed by atoms with Crippen molar-refractivity contribution in [1.82, 2.24) is 10.2 Å². The van der Waals surface area contributed by atoms with Gasteiger partial charge in [-0.15, -0.1) is 10.2 Å². The lowest BCUT2D eigenvalue weighted by Gasteiger charge is -2.20. The van der Waals surface area contributed by atoms with Crippen LogP contribution in [0.5, 0.6) is 11.5 Å². The number of methoxy groups -OCH3 is 2. The summed E-state index contributed by atoms with van der Waals surface area (Å²) in [6.45, 7) is 6.08. The molecule has 0 aliphatic rings. The molecule has 2 rings (SSSR count). The number of anilines is 2. The number of benzene rings is 1. The first-order valence-corrected chi connectivity index (χ1v) is 7.47. The molecule has 1 heterocycles. The summed E-state index contributed by atoms with van der Waals surface area (Å²) >= 11 is 0. The Morgan fingerprint density at radius 2 is 1.50 bits per heavy atom. The van der Waals surface area contributed by atoms with E-state index in [1.807, 2.05) is 20.8 Å². The third-order valence-corrected chi connectivity index (χ3v) is 3.02. The van der Waals surface area contributed by atoms with Gasteiger partial charge in [0.1, 0.15) is 17.3 Å². The molecule has 0 saturated heterocycles. The summed E-state index contributed by atoms with van der Waals surface area (Å²) in [5.41, 5.74) is 0.293. The molecule has 0 atom stereocenters. The van der Waals surface area contributed by atoms with E-state index < -0.39 is 0 Å². The Bertz CT molecular complexity index is 687. The van der Waals surface area contributed by atoms with E-state index in [0.29, 0.717) is 28.7 Å². The first-order chi connectivity index (χ1) is 11.3. The monoisotopic (exact) mass is 330 g/mol. The highest BCUT2D eigenvalue weighted by Gasteiger charge is 2.13. The maximum Gasteiger partial charge on any atom is 0.257 e. The minimum absolute atomic E-state index is 0.114. The number of nitrogens with one attached hydrogen (secondary N) is 2. The average Bonchev–Trinajstić information content (AvgIpc) is 2.54. The fourth-order valence-electron chi connectivity index (χ4n) is 1.98. The Labute approximate surface area is 141 Å². The average molecular weight is 330 g/mol. The van der Waals surface area contributed by atoms with Gasteiger partial charge in [0, 0.05) is 17.2 Å². The highest BCUT2D eigenvalue weighted by molar-refractivity contribution is 6.04. The van der Waals surface area contributed by atoms with Crippen LogP contribution in [-0.2, 0) is 0 Å². The Balaban J connectivity index is 2.12. The van der Waals surface area contributed by atoms with Crippen LogP contribution < -0.4 is 20.1 Å². The van der Waals surface area contributed by atoms with Crippen molar-refractivity contribution in [2.75, 3.05) is 24.9 Å². The molecule has 7 nitrogen and oxygen atoms in total. The summed E-state index contributed by atoms with van der Waals surface area (Å²) in [6, 6.07) is 8.40. The summed E-state index contributed by atoms with van der Waals surface area (Å²) in [5, 5.41) is 14.0. The highest BCUT2D eigenvalue weighted by atomic mass is 16.5. The lowest BCUT2D eigenvalue weighted by Crippen LogP contribution is -2.26. The van der Waals surface area contributed by atoms with E-state index in [1.54, 1.807) is 30.3 Å². The second-order valence-corrected chi connectivity index (χ2v) is 6.23. The van der Waals surface area contributed by atoms with Crippen LogP contribution in [0.2, 0.25) is 0 Å². The van der Waals surface area contributed by atoms with Crippen LogP contribution in [0.4, 0.5) is 11.6 Å². The zero-order valence-electron chi connectivity index (χ0n) is 14.5. The Kier molecular flexibility index (Phi) is 5.23. The quantitative estimate of drug-likeness (QED) is 0.877. The van der Waals surface area contributed by atoms with Gasteiger partial charge in [-0.25, -0.2) is 0 Å². The van der Waals surface area contributed by atoms with Crippen molar-refractivity contribution in [2.45, 2.75) is 26.3 Å². The predicted molar refractivity (Wildman–Crippen MR) is 92.9 cm³/mol. The van der Waals surface area contributed by atoms with E-state index in [-0.39, 0.29) is 11.4 Å². The molecule has 1 aromatic heterocycles. The minimum atomic E-state index is -0.321. The fourth-order valence-corrected chi connectivity index (χ4v) is 1.98. The SMILES string of the molecule is COc1cc(OC)cc(C(=O)Nc2ccc(NC(C)(C)C)nn2)c1. The van der Waals surface area contributed by atoms with E-state index >= 15 is 0 Å². The lowest BCUT2D eigenvalue weighted by molar-refractivity contribution is 0.102. The zero-order valence-corrected chi connectivity index (χ0v) is 14.5. The lowest BCUT2D eigenvalue weighted by atomic mass is 10.1. The molecule has 1 aromatic carbocycles. The molecule has 0 bridgehead atoms. The number of ether oxygens (including phenoxy) is 2. The largest absolute Gasteiger partial charge is 0.497 e. The van der Waals surface area contributed by atoms with Crippen LogP contribution in [0.1, 0.15) is 31.1 Å². The van der Waals surface area contributed by atoms with Gasteiger partial charge >= 0.3 is 0 Å². The molecule has 0 unspecified atom stereocenters. The first-order valence-electron chi connectivity index (χ1n) is 7.47. The molecule has 0 aliphatic carbocycles. The second kappa shape index (κ2) is 7.16. The van der Waals surface area contributed by atoms with E-state index in [2.05, 4.69) is 20.8 Å². The van der Waals surface area contributed by atoms with Crippen LogP contribution >= 0.6 is 0 Å². The van der Waals surface area contributed by atoms with Crippen LogP contribution in [0.25, 0.3) is 0 Å². The number of amides is 1. The summed E-state index contributed by atoms with van der Waals surface area (Å²) in [7, 11) is 3.06. The van der Waals surface area contributed by atoms with Crippen LogP contribution in [0.3, 0.4) is 0 Å². The van der Waals surface area contributed by atoms with Crippen molar-refractivity contribution in [2.24, 2.45) is 0 Å². The number of aromatic nitrogens is 2. The van der Waals surface area contributed by atoms with E-state index in [0.717, 1.165) is 0 Å². The molecule has 0 radical (unpaired) electrons. The number of carbonyl (C=O) groups excluding carboxylic acids is 1. The van der Waals surface area contributed by atoms with E-state index in [1.165, 1.54) is 14.2 Å². The van der Waals surface area contributed by atoms with Crippen molar-refractivity contribution in [1.29, 1.82) is 0 Å². The van der Waals surface area contributed by atoms with Crippen molar-refractivity contribution < 1.29 is 14.3 Å². The van der Waals surface area contributed by atoms with Gasteiger partial charge in [0.15, 0.2) is 5.82 Å². The van der Waals surface area contributed by atoms with Gasteiger partial charge in [-0.05, 0) is 45.0 Å². The summed E-state index contributed by atoms with van der Waals surface area (Å²) < 4.78 is 10.3. The van der Waals surface area contributed by atoms with E-state index in [4.69, 9.17) is 9.47 Å². The smallest absolute Gasteiger partial charge is 0.257 e. The highest BCUT2D eigenvalue weighted by Crippen LogP contribution is 2.23. The second-order valence-electron chi connectivity index (χ2n) is 6.23. The molecule has 0 fully saturated rings. The summed E-state index contributed by atoms with van der Waals surface area (Å²) in [5.74, 6) is 1.76. The number of nitrogens with zero attached hydrogens (tertiary/aromatic N) is 2. The Hall–Kier alpha value is -2.83. The molecule has 7 heteroatoms. The molecular weight excluding hydrogens is 308 g/mol. The molecule has 1 amide bonds. The summed E-state index contributed by atoms with van der Waals surface area (Å²) in [4.78, 5) is 12.4. The molecule has 24 heavy (non-hydrogen) atoms. The predicted octanol–water partition coefficient (Wildman–Crippen LogP) is 2.96. The van der Waals surface area contributed by atoms with Crippen LogP contribution in [0, 0.1) is 0 Å². The van der Waals surface area contributed by atoms with Crippen molar-refractivity contribution in [3.8, 4) is 11.5 Å². The molecular formula is C17H22N4O3. The Morgan fingerprint density at radius 1 is 0.958 bits per heavy atom. The normalized spacial score (nSPS) is 10.9. The molecule has 128 valence electrons. The number of hydrogen-bond acceptors (Lipinski definition) is 6. The molecule has 0 spiro atoms. The fraction of sp³-hybridized carbons (Fsp3) is 0.353. The van der Waals surface area contributed by atoms with Crippen molar-refractivity contribution >= 4 is 17.5 Å². The van der Waals surface area contributed by atoms with Gasteiger partial charge in [0.05, 0.1) is 14.2 Å². The maximum absolute atomic E-state index is 12.4. The third-order valence-electron chi connectivity index (χ3n) is 3.02. The van der Waals surface area contributed by atoms with E-state index in [9.17, 15) is 4.79 Å². The van der Waals surface area contributed by atoms with Gasteiger partial charge in [-0.3, -0.25) is 4.79 Å². The zero-order chi connectivity index (χ0) is 17.7. The van der Waals surface area contributed by atoms with Crippen molar-refractivity contribution in [3.63, 3.8) is 0 Å². The number of carbonyl (C=O) groups is 1. The number of rotatable bonds is 5. The van der Waals surface area contributed by atoms with Gasteiger partial charge in [0.25, 0.3) is 5.91 Å². The van der Waals surface area contributed by atoms with Gasteiger partial charge in [0.2, 0.25) is 0 Å². The Morgan fingerprint density at radius 3 is 1.96 bits per heavy atom. The van der Waals surface area contributed by atoms with Gasteiger partial charge < -0.3 is 20.1 Å².